The third-order valence-electron chi connectivity index (χ3n) is 5.83. The van der Waals surface area contributed by atoms with Crippen LogP contribution in [0.2, 0.25) is 5.02 Å². The number of hydrogen-bond acceptors (Lipinski definition) is 7. The third kappa shape index (κ3) is 5.93. The molecule has 2 aliphatic heterocycles. The fourth-order valence-corrected chi connectivity index (χ4v) is 4.92. The van der Waals surface area contributed by atoms with Gasteiger partial charge in [0.15, 0.2) is 5.17 Å². The Labute approximate surface area is 217 Å². The molecule has 2 amide bonds. The van der Waals surface area contributed by atoms with E-state index in [2.05, 4.69) is 25.5 Å². The maximum atomic E-state index is 12.7. The van der Waals surface area contributed by atoms with Crippen molar-refractivity contribution in [3.05, 3.63) is 75.8 Å². The minimum atomic E-state index is -0.332. The molecule has 1 saturated heterocycles. The Hall–Kier alpha value is -3.24. The lowest BCUT2D eigenvalue weighted by Gasteiger charge is -2.26. The van der Waals surface area contributed by atoms with Crippen LogP contribution in [-0.2, 0) is 9.53 Å². The summed E-state index contributed by atoms with van der Waals surface area (Å²) in [7, 11) is 0. The fourth-order valence-electron chi connectivity index (χ4n) is 3.93. The van der Waals surface area contributed by atoms with Crippen molar-refractivity contribution in [3.63, 3.8) is 0 Å². The Bertz CT molecular complexity index is 1370. The topological polar surface area (TPSA) is 95.9 Å². The summed E-state index contributed by atoms with van der Waals surface area (Å²) in [6, 6.07) is 14.7. The molecular weight excluding hydrogens is 498 g/mol. The summed E-state index contributed by atoms with van der Waals surface area (Å²) in [6.45, 7) is 4.50. The number of rotatable bonds is 6. The van der Waals surface area contributed by atoms with E-state index in [1.807, 2.05) is 30.3 Å². The molecule has 3 aromatic rings. The number of amides is 2. The number of amidine groups is 1. The molecular formula is C26H24ClN5O3S. The van der Waals surface area contributed by atoms with E-state index in [1.54, 1.807) is 30.5 Å². The molecule has 2 aromatic carbocycles. The first-order chi connectivity index (χ1) is 17.5. The number of pyridine rings is 1. The van der Waals surface area contributed by atoms with Crippen molar-refractivity contribution < 1.29 is 14.3 Å². The van der Waals surface area contributed by atoms with Gasteiger partial charge in [-0.2, -0.15) is 4.99 Å². The first-order valence-corrected chi connectivity index (χ1v) is 12.8. The molecule has 1 fully saturated rings. The van der Waals surface area contributed by atoms with Crippen molar-refractivity contribution in [2.24, 2.45) is 4.99 Å². The highest BCUT2D eigenvalue weighted by molar-refractivity contribution is 8.18. The zero-order valence-corrected chi connectivity index (χ0v) is 20.9. The van der Waals surface area contributed by atoms with Crippen LogP contribution in [0.15, 0.2) is 64.6 Å². The molecule has 36 heavy (non-hydrogen) atoms. The lowest BCUT2D eigenvalue weighted by atomic mass is 10.1. The van der Waals surface area contributed by atoms with Gasteiger partial charge in [-0.15, -0.1) is 0 Å². The molecule has 0 saturated carbocycles. The van der Waals surface area contributed by atoms with Crippen LogP contribution in [0.1, 0.15) is 15.9 Å². The summed E-state index contributed by atoms with van der Waals surface area (Å²) in [4.78, 5) is 36.4. The summed E-state index contributed by atoms with van der Waals surface area (Å²) in [5.41, 5.74) is 2.76. The zero-order chi connectivity index (χ0) is 24.9. The van der Waals surface area contributed by atoms with Gasteiger partial charge >= 0.3 is 0 Å². The van der Waals surface area contributed by atoms with E-state index < -0.39 is 0 Å². The van der Waals surface area contributed by atoms with Crippen LogP contribution in [0, 0.1) is 0 Å². The summed E-state index contributed by atoms with van der Waals surface area (Å²) < 4.78 is 5.35. The lowest BCUT2D eigenvalue weighted by Crippen LogP contribution is -2.41. The molecule has 8 nitrogen and oxygen atoms in total. The average Bonchev–Trinajstić information content (AvgIpc) is 3.24. The second-order valence-corrected chi connectivity index (χ2v) is 9.76. The van der Waals surface area contributed by atoms with Gasteiger partial charge in [0.2, 0.25) is 0 Å². The number of ether oxygens (including phenoxy) is 1. The predicted molar refractivity (Wildman–Crippen MR) is 144 cm³/mol. The Morgan fingerprint density at radius 3 is 2.89 bits per heavy atom. The minimum absolute atomic E-state index is 0.188. The molecule has 1 aromatic heterocycles. The number of anilines is 1. The maximum absolute atomic E-state index is 12.7. The number of benzene rings is 2. The minimum Gasteiger partial charge on any atom is -0.379 e. The number of nitrogens with zero attached hydrogens (tertiary/aromatic N) is 3. The third-order valence-corrected chi connectivity index (χ3v) is 7.06. The van der Waals surface area contributed by atoms with E-state index in [1.165, 1.54) is 11.8 Å². The lowest BCUT2D eigenvalue weighted by molar-refractivity contribution is -0.113. The molecule has 2 N–H and O–H groups in total. The summed E-state index contributed by atoms with van der Waals surface area (Å²) in [5.74, 6) is -0.520. The number of aliphatic imine (C=N–C) groups is 1. The maximum Gasteiger partial charge on any atom is 0.286 e. The molecule has 5 rings (SSSR count). The second kappa shape index (κ2) is 11.2. The first kappa shape index (κ1) is 24.5. The highest BCUT2D eigenvalue weighted by Crippen LogP contribution is 2.32. The highest BCUT2D eigenvalue weighted by atomic mass is 35.5. The SMILES string of the molecule is O=C1N=C(Nc2cc(C(=O)NCCN3CCOCC3)ccc2Cl)S/C1=C\c1ccc2ncccc2c1. The molecule has 10 heteroatoms. The van der Waals surface area contributed by atoms with Gasteiger partial charge < -0.3 is 15.4 Å². The van der Waals surface area contributed by atoms with Crippen LogP contribution in [0.25, 0.3) is 17.0 Å². The first-order valence-electron chi connectivity index (χ1n) is 11.6. The number of aromatic nitrogens is 1. The molecule has 0 unspecified atom stereocenters. The van der Waals surface area contributed by atoms with Crippen LogP contribution >= 0.6 is 23.4 Å². The highest BCUT2D eigenvalue weighted by Gasteiger charge is 2.23. The van der Waals surface area contributed by atoms with E-state index in [-0.39, 0.29) is 11.8 Å². The van der Waals surface area contributed by atoms with Crippen LogP contribution in [0.5, 0.6) is 0 Å². The number of fused-ring (bicyclic) bond motifs is 1. The van der Waals surface area contributed by atoms with Crippen LogP contribution in [-0.4, -0.2) is 66.3 Å². The zero-order valence-electron chi connectivity index (χ0n) is 19.4. The van der Waals surface area contributed by atoms with Gasteiger partial charge in [-0.3, -0.25) is 19.5 Å². The predicted octanol–water partition coefficient (Wildman–Crippen LogP) is 4.03. The number of carbonyl (C=O) groups is 2. The van der Waals surface area contributed by atoms with E-state index in [9.17, 15) is 9.59 Å². The summed E-state index contributed by atoms with van der Waals surface area (Å²) in [6.07, 6.45) is 3.55. The Kier molecular flexibility index (Phi) is 7.62. The van der Waals surface area contributed by atoms with Gasteiger partial charge in [0, 0.05) is 43.3 Å². The van der Waals surface area contributed by atoms with Crippen molar-refractivity contribution >= 4 is 63.0 Å². The Balaban J connectivity index is 1.22. The summed E-state index contributed by atoms with van der Waals surface area (Å²) >= 11 is 7.59. The molecule has 0 bridgehead atoms. The number of morpholine rings is 1. The molecule has 184 valence electrons. The van der Waals surface area contributed by atoms with Gasteiger partial charge in [0.25, 0.3) is 11.8 Å². The van der Waals surface area contributed by atoms with Crippen LogP contribution in [0.4, 0.5) is 5.69 Å². The van der Waals surface area contributed by atoms with Crippen molar-refractivity contribution in [3.8, 4) is 0 Å². The van der Waals surface area contributed by atoms with E-state index in [0.29, 0.717) is 32.9 Å². The smallest absolute Gasteiger partial charge is 0.286 e. The number of thioether (sulfide) groups is 1. The quantitative estimate of drug-likeness (QED) is 0.473. The van der Waals surface area contributed by atoms with E-state index in [4.69, 9.17) is 16.3 Å². The van der Waals surface area contributed by atoms with Gasteiger partial charge in [-0.1, -0.05) is 23.7 Å². The molecule has 3 heterocycles. The number of carbonyl (C=O) groups excluding carboxylic acids is 2. The van der Waals surface area contributed by atoms with Gasteiger partial charge in [0.1, 0.15) is 0 Å². The molecule has 0 radical (unpaired) electrons. The average molecular weight is 522 g/mol. The molecule has 0 atom stereocenters. The number of halogens is 1. The monoisotopic (exact) mass is 521 g/mol. The molecule has 0 aliphatic carbocycles. The van der Waals surface area contributed by atoms with Gasteiger partial charge in [-0.05, 0) is 59.8 Å². The van der Waals surface area contributed by atoms with E-state index in [0.717, 1.165) is 49.3 Å². The van der Waals surface area contributed by atoms with Crippen molar-refractivity contribution in [2.75, 3.05) is 44.7 Å². The fraction of sp³-hybridized carbons (Fsp3) is 0.231. The van der Waals surface area contributed by atoms with Crippen LogP contribution in [0.3, 0.4) is 0 Å². The Morgan fingerprint density at radius 1 is 1.17 bits per heavy atom. The number of hydrogen-bond donors (Lipinski definition) is 2. The van der Waals surface area contributed by atoms with Gasteiger partial charge in [0.05, 0.1) is 34.3 Å². The van der Waals surface area contributed by atoms with Gasteiger partial charge in [-0.25, -0.2) is 0 Å². The molecule has 0 spiro atoms. The van der Waals surface area contributed by atoms with Crippen molar-refractivity contribution in [1.82, 2.24) is 15.2 Å². The normalized spacial score (nSPS) is 17.4. The van der Waals surface area contributed by atoms with Crippen molar-refractivity contribution in [1.29, 1.82) is 0 Å². The largest absolute Gasteiger partial charge is 0.379 e. The van der Waals surface area contributed by atoms with Crippen LogP contribution < -0.4 is 10.6 Å². The van der Waals surface area contributed by atoms with E-state index >= 15 is 0 Å². The molecule has 2 aliphatic rings. The Morgan fingerprint density at radius 2 is 2.03 bits per heavy atom. The standard InChI is InChI=1S/C26H24ClN5O3S/c27-20-5-4-19(24(33)29-8-9-32-10-12-35-13-11-32)16-22(20)30-26-31-25(34)23(36-26)15-17-3-6-21-18(14-17)2-1-7-28-21/h1-7,14-16H,8-13H2,(H,29,33)(H,30,31,34)/b23-15-. The second-order valence-electron chi connectivity index (χ2n) is 8.32. The summed E-state index contributed by atoms with van der Waals surface area (Å²) in [5, 5.41) is 7.86. The number of nitrogens with one attached hydrogen (secondary N) is 2. The van der Waals surface area contributed by atoms with Crippen molar-refractivity contribution in [2.45, 2.75) is 0 Å².